The lowest BCUT2D eigenvalue weighted by Gasteiger charge is -2.02. The molecule has 0 bridgehead atoms. The van der Waals surface area contributed by atoms with Crippen molar-refractivity contribution in [3.05, 3.63) is 81.6 Å². The van der Waals surface area contributed by atoms with Crippen molar-refractivity contribution < 1.29 is 4.79 Å². The molecule has 0 saturated heterocycles. The number of carbonyl (C=O) groups excluding carboxylic acids is 1. The van der Waals surface area contributed by atoms with Crippen LogP contribution in [0.5, 0.6) is 0 Å². The molecule has 1 N–H and O–H groups in total. The molecule has 0 aliphatic rings. The van der Waals surface area contributed by atoms with E-state index in [1.54, 1.807) is 28.9 Å². The van der Waals surface area contributed by atoms with Gasteiger partial charge >= 0.3 is 0 Å². The normalized spacial score (nSPS) is 11.0. The van der Waals surface area contributed by atoms with Gasteiger partial charge in [0.15, 0.2) is 0 Å². The number of nitrogens with one attached hydrogen (secondary N) is 1. The SMILES string of the molecule is Cc1nn(-c2ccccc2)c(Cl)c1/C=N\NC(=O)c1cccc(Cl)c1. The van der Waals surface area contributed by atoms with E-state index in [4.69, 9.17) is 23.2 Å². The Morgan fingerprint density at radius 1 is 1.16 bits per heavy atom. The number of halogens is 2. The number of amides is 1. The van der Waals surface area contributed by atoms with Crippen molar-refractivity contribution in [2.45, 2.75) is 6.92 Å². The second-order valence-electron chi connectivity index (χ2n) is 5.25. The molecule has 0 unspecified atom stereocenters. The number of aromatic nitrogens is 2. The van der Waals surface area contributed by atoms with Crippen LogP contribution in [-0.2, 0) is 0 Å². The minimum Gasteiger partial charge on any atom is -0.267 e. The highest BCUT2D eigenvalue weighted by Gasteiger charge is 2.13. The molecule has 0 atom stereocenters. The van der Waals surface area contributed by atoms with Gasteiger partial charge in [-0.15, -0.1) is 0 Å². The van der Waals surface area contributed by atoms with E-state index in [1.807, 2.05) is 37.3 Å². The van der Waals surface area contributed by atoms with Crippen molar-refractivity contribution in [1.82, 2.24) is 15.2 Å². The van der Waals surface area contributed by atoms with Crippen molar-refractivity contribution in [2.24, 2.45) is 5.10 Å². The van der Waals surface area contributed by atoms with Gasteiger partial charge in [0.1, 0.15) is 5.15 Å². The molecule has 3 aromatic rings. The summed E-state index contributed by atoms with van der Waals surface area (Å²) in [6.07, 6.45) is 1.48. The fourth-order valence-electron chi connectivity index (χ4n) is 2.25. The van der Waals surface area contributed by atoms with Gasteiger partial charge in [-0.2, -0.15) is 10.2 Å². The van der Waals surface area contributed by atoms with Crippen LogP contribution in [0.1, 0.15) is 21.6 Å². The summed E-state index contributed by atoms with van der Waals surface area (Å²) in [7, 11) is 0. The van der Waals surface area contributed by atoms with Gasteiger partial charge in [0.2, 0.25) is 0 Å². The Morgan fingerprint density at radius 2 is 1.92 bits per heavy atom. The zero-order valence-corrected chi connectivity index (χ0v) is 14.8. The maximum absolute atomic E-state index is 12.0. The number of para-hydroxylation sites is 1. The van der Waals surface area contributed by atoms with Gasteiger partial charge < -0.3 is 0 Å². The minimum absolute atomic E-state index is 0.358. The summed E-state index contributed by atoms with van der Waals surface area (Å²) in [4.78, 5) is 12.0. The first-order chi connectivity index (χ1) is 12.1. The molecule has 25 heavy (non-hydrogen) atoms. The number of hydrogen-bond donors (Lipinski definition) is 1. The van der Waals surface area contributed by atoms with E-state index in [1.165, 1.54) is 6.21 Å². The van der Waals surface area contributed by atoms with E-state index in [9.17, 15) is 4.79 Å². The van der Waals surface area contributed by atoms with E-state index in [-0.39, 0.29) is 5.91 Å². The number of hydrazone groups is 1. The average Bonchev–Trinajstić information content (AvgIpc) is 2.90. The first-order valence-electron chi connectivity index (χ1n) is 7.46. The average molecular weight is 373 g/mol. The summed E-state index contributed by atoms with van der Waals surface area (Å²) >= 11 is 12.3. The van der Waals surface area contributed by atoms with Gasteiger partial charge in [0.05, 0.1) is 23.2 Å². The Hall–Kier alpha value is -2.63. The molecule has 0 spiro atoms. The van der Waals surface area contributed by atoms with Crippen LogP contribution in [0.4, 0.5) is 0 Å². The fraction of sp³-hybridized carbons (Fsp3) is 0.0556. The van der Waals surface area contributed by atoms with Gasteiger partial charge in [0.25, 0.3) is 5.91 Å². The highest BCUT2D eigenvalue weighted by Crippen LogP contribution is 2.21. The van der Waals surface area contributed by atoms with Crippen molar-refractivity contribution >= 4 is 35.3 Å². The smallest absolute Gasteiger partial charge is 0.267 e. The van der Waals surface area contributed by atoms with E-state index >= 15 is 0 Å². The van der Waals surface area contributed by atoms with Gasteiger partial charge in [-0.05, 0) is 37.3 Å². The summed E-state index contributed by atoms with van der Waals surface area (Å²) < 4.78 is 1.62. The molecule has 2 aromatic carbocycles. The van der Waals surface area contributed by atoms with E-state index in [0.29, 0.717) is 27.0 Å². The number of aryl methyl sites for hydroxylation is 1. The summed E-state index contributed by atoms with van der Waals surface area (Å²) in [5.41, 5.74) is 5.06. The largest absolute Gasteiger partial charge is 0.271 e. The first-order valence-corrected chi connectivity index (χ1v) is 8.21. The summed E-state index contributed by atoms with van der Waals surface area (Å²) in [6, 6.07) is 16.2. The van der Waals surface area contributed by atoms with Crippen LogP contribution in [0.25, 0.3) is 5.69 Å². The number of benzene rings is 2. The molecule has 0 saturated carbocycles. The number of carbonyl (C=O) groups is 1. The lowest BCUT2D eigenvalue weighted by molar-refractivity contribution is 0.0955. The van der Waals surface area contributed by atoms with Gasteiger partial charge in [-0.3, -0.25) is 4.79 Å². The third kappa shape index (κ3) is 3.90. The van der Waals surface area contributed by atoms with Crippen LogP contribution in [0, 0.1) is 6.92 Å². The maximum Gasteiger partial charge on any atom is 0.271 e. The molecule has 0 radical (unpaired) electrons. The van der Waals surface area contributed by atoms with Crippen molar-refractivity contribution in [3.8, 4) is 5.69 Å². The van der Waals surface area contributed by atoms with E-state index in [2.05, 4.69) is 15.6 Å². The predicted molar refractivity (Wildman–Crippen MR) is 99.8 cm³/mol. The number of rotatable bonds is 4. The van der Waals surface area contributed by atoms with Crippen LogP contribution in [-0.4, -0.2) is 21.9 Å². The summed E-state index contributed by atoms with van der Waals surface area (Å²) in [5, 5.41) is 9.29. The van der Waals surface area contributed by atoms with Crippen LogP contribution in [0.15, 0.2) is 59.7 Å². The molecule has 126 valence electrons. The molecule has 5 nitrogen and oxygen atoms in total. The van der Waals surface area contributed by atoms with E-state index in [0.717, 1.165) is 5.69 Å². The summed E-state index contributed by atoms with van der Waals surface area (Å²) in [5.74, 6) is -0.358. The monoisotopic (exact) mass is 372 g/mol. The summed E-state index contributed by atoms with van der Waals surface area (Å²) in [6.45, 7) is 1.82. The van der Waals surface area contributed by atoms with Crippen LogP contribution in [0.3, 0.4) is 0 Å². The molecule has 7 heteroatoms. The molecular weight excluding hydrogens is 359 g/mol. The van der Waals surface area contributed by atoms with Crippen molar-refractivity contribution in [2.75, 3.05) is 0 Å². The Balaban J connectivity index is 1.78. The Bertz CT molecular complexity index is 936. The number of nitrogens with zero attached hydrogens (tertiary/aromatic N) is 3. The van der Waals surface area contributed by atoms with Gasteiger partial charge in [0, 0.05) is 10.6 Å². The molecule has 1 aromatic heterocycles. The Morgan fingerprint density at radius 3 is 2.64 bits per heavy atom. The second-order valence-corrected chi connectivity index (χ2v) is 6.04. The van der Waals surface area contributed by atoms with Crippen molar-refractivity contribution in [3.63, 3.8) is 0 Å². The Labute approximate surface area is 154 Å². The van der Waals surface area contributed by atoms with Crippen LogP contribution < -0.4 is 5.43 Å². The third-order valence-corrected chi connectivity index (χ3v) is 4.09. The minimum atomic E-state index is -0.358. The van der Waals surface area contributed by atoms with Crippen molar-refractivity contribution in [1.29, 1.82) is 0 Å². The van der Waals surface area contributed by atoms with E-state index < -0.39 is 0 Å². The second kappa shape index (κ2) is 7.51. The topological polar surface area (TPSA) is 59.3 Å². The zero-order chi connectivity index (χ0) is 17.8. The van der Waals surface area contributed by atoms with Gasteiger partial charge in [-0.25, -0.2) is 10.1 Å². The van der Waals surface area contributed by atoms with Crippen LogP contribution in [0.2, 0.25) is 10.2 Å². The Kier molecular flexibility index (Phi) is 5.16. The first kappa shape index (κ1) is 17.2. The molecule has 0 fully saturated rings. The highest BCUT2D eigenvalue weighted by molar-refractivity contribution is 6.32. The molecule has 1 heterocycles. The lowest BCUT2D eigenvalue weighted by atomic mass is 10.2. The van der Waals surface area contributed by atoms with Gasteiger partial charge in [-0.1, -0.05) is 47.5 Å². The maximum atomic E-state index is 12.0. The molecule has 0 aliphatic carbocycles. The number of hydrogen-bond acceptors (Lipinski definition) is 3. The quantitative estimate of drug-likeness (QED) is 0.549. The van der Waals surface area contributed by atoms with Crippen LogP contribution >= 0.6 is 23.2 Å². The molecule has 3 rings (SSSR count). The zero-order valence-electron chi connectivity index (χ0n) is 13.3. The fourth-order valence-corrected chi connectivity index (χ4v) is 2.76. The molecular formula is C18H14Cl2N4O. The lowest BCUT2D eigenvalue weighted by Crippen LogP contribution is -2.17. The highest BCUT2D eigenvalue weighted by atomic mass is 35.5. The molecule has 1 amide bonds. The standard InChI is InChI=1S/C18H14Cl2N4O/c1-12-16(17(20)24(23-12)15-8-3-2-4-9-15)11-21-22-18(25)13-6-5-7-14(19)10-13/h2-11H,1H3,(H,22,25)/b21-11-. The third-order valence-electron chi connectivity index (χ3n) is 3.50. The predicted octanol–water partition coefficient (Wildman–Crippen LogP) is 4.25. The molecule has 0 aliphatic heterocycles.